The van der Waals surface area contributed by atoms with E-state index in [1.165, 1.54) is 173 Å². The number of aliphatic hydroxyl groups is 3. The molecule has 0 rings (SSSR count). The molecule has 0 fully saturated rings. The Labute approximate surface area is 369 Å². The van der Waals surface area contributed by atoms with E-state index in [1.54, 1.807) is 0 Å². The van der Waals surface area contributed by atoms with Gasteiger partial charge in [-0.15, -0.1) is 0 Å². The lowest BCUT2D eigenvalue weighted by Crippen LogP contribution is -2.61. The van der Waals surface area contributed by atoms with E-state index in [0.29, 0.717) is 19.3 Å². The van der Waals surface area contributed by atoms with Gasteiger partial charge in [0.2, 0.25) is 0 Å². The molecule has 0 saturated carbocycles. The molecule has 0 aromatic rings. The molecule has 3 N–H and O–H groups in total. The molecule has 0 bridgehead atoms. The first-order valence-electron chi connectivity index (χ1n) is 26.5. The SMILES string of the molecule is CCCCCC=CCC=CCCCCCCCCC(O)(CCCCCCCCC=CCCCCCCCC)C(O)(CO)C(=O)CCCCCCCCCCCCCCC. The zero-order valence-electron chi connectivity index (χ0n) is 40.1. The van der Waals surface area contributed by atoms with Gasteiger partial charge in [0, 0.05) is 6.42 Å². The van der Waals surface area contributed by atoms with Gasteiger partial charge in [0.1, 0.15) is 5.60 Å². The molecule has 0 aliphatic carbocycles. The minimum Gasteiger partial charge on any atom is -0.393 e. The summed E-state index contributed by atoms with van der Waals surface area (Å²) in [6.07, 6.45) is 61.6. The summed E-state index contributed by atoms with van der Waals surface area (Å²) >= 11 is 0. The second-order valence-electron chi connectivity index (χ2n) is 18.5. The van der Waals surface area contributed by atoms with E-state index >= 15 is 0 Å². The monoisotopic (exact) mass is 829 g/mol. The minimum absolute atomic E-state index is 0.230. The zero-order chi connectivity index (χ0) is 43.2. The van der Waals surface area contributed by atoms with Crippen LogP contribution in [0, 0.1) is 0 Å². The molecule has 0 aliphatic rings. The summed E-state index contributed by atoms with van der Waals surface area (Å²) in [6, 6.07) is 0. The van der Waals surface area contributed by atoms with Crippen LogP contribution in [0.1, 0.15) is 290 Å². The summed E-state index contributed by atoms with van der Waals surface area (Å²) in [5.41, 5.74) is -3.66. The molecule has 0 amide bonds. The predicted molar refractivity (Wildman–Crippen MR) is 260 cm³/mol. The Bertz CT molecular complexity index is 955. The number of unbranched alkanes of at least 4 members (excludes halogenated alkanes) is 33. The first kappa shape index (κ1) is 57.8. The molecule has 59 heavy (non-hydrogen) atoms. The van der Waals surface area contributed by atoms with Crippen LogP contribution in [0.25, 0.3) is 0 Å². The topological polar surface area (TPSA) is 77.8 Å². The van der Waals surface area contributed by atoms with Crippen molar-refractivity contribution in [1.82, 2.24) is 0 Å². The molecular formula is C55H104O4. The molecule has 0 aliphatic heterocycles. The van der Waals surface area contributed by atoms with Crippen molar-refractivity contribution in [2.45, 2.75) is 302 Å². The van der Waals surface area contributed by atoms with Crippen LogP contribution in [0.3, 0.4) is 0 Å². The fourth-order valence-corrected chi connectivity index (χ4v) is 8.61. The molecule has 0 spiro atoms. The highest BCUT2D eigenvalue weighted by molar-refractivity contribution is 5.88. The van der Waals surface area contributed by atoms with E-state index in [9.17, 15) is 20.1 Å². The number of carbonyl (C=O) groups excluding carboxylic acids is 1. The van der Waals surface area contributed by atoms with Crippen LogP contribution in [-0.2, 0) is 4.79 Å². The molecule has 0 saturated heterocycles. The summed E-state index contributed by atoms with van der Waals surface area (Å²) in [6.45, 7) is 6.09. The van der Waals surface area contributed by atoms with Crippen molar-refractivity contribution < 1.29 is 20.1 Å². The van der Waals surface area contributed by atoms with Gasteiger partial charge >= 0.3 is 0 Å². The van der Waals surface area contributed by atoms with Crippen LogP contribution in [-0.4, -0.2) is 38.9 Å². The maximum absolute atomic E-state index is 13.6. The molecule has 4 nitrogen and oxygen atoms in total. The van der Waals surface area contributed by atoms with E-state index in [-0.39, 0.29) is 12.2 Å². The fraction of sp³-hybridized carbons (Fsp3) is 0.873. The van der Waals surface area contributed by atoms with Crippen molar-refractivity contribution in [3.63, 3.8) is 0 Å². The Kier molecular flexibility index (Phi) is 43.9. The minimum atomic E-state index is -2.08. The van der Waals surface area contributed by atoms with Crippen molar-refractivity contribution in [1.29, 1.82) is 0 Å². The molecular weight excluding hydrogens is 725 g/mol. The third-order valence-electron chi connectivity index (χ3n) is 12.9. The molecule has 0 radical (unpaired) electrons. The van der Waals surface area contributed by atoms with Gasteiger partial charge < -0.3 is 15.3 Å². The van der Waals surface area contributed by atoms with Crippen LogP contribution < -0.4 is 0 Å². The molecule has 2 unspecified atom stereocenters. The van der Waals surface area contributed by atoms with Crippen LogP contribution >= 0.6 is 0 Å². The van der Waals surface area contributed by atoms with Crippen LogP contribution in [0.15, 0.2) is 36.5 Å². The van der Waals surface area contributed by atoms with E-state index in [4.69, 9.17) is 0 Å². The van der Waals surface area contributed by atoms with Crippen molar-refractivity contribution in [3.05, 3.63) is 36.5 Å². The van der Waals surface area contributed by atoms with Gasteiger partial charge in [-0.25, -0.2) is 0 Å². The first-order valence-corrected chi connectivity index (χ1v) is 26.5. The van der Waals surface area contributed by atoms with Gasteiger partial charge in [0.05, 0.1) is 6.61 Å². The normalized spacial score (nSPS) is 14.3. The number of carbonyl (C=O) groups is 1. The average Bonchev–Trinajstić information content (AvgIpc) is 3.24. The van der Waals surface area contributed by atoms with Gasteiger partial charge in [-0.3, -0.25) is 4.79 Å². The number of allylic oxidation sites excluding steroid dienone is 6. The van der Waals surface area contributed by atoms with Crippen molar-refractivity contribution in [2.24, 2.45) is 0 Å². The molecule has 0 aromatic heterocycles. The van der Waals surface area contributed by atoms with Gasteiger partial charge in [-0.05, 0) is 77.0 Å². The van der Waals surface area contributed by atoms with Crippen LogP contribution in [0.2, 0.25) is 0 Å². The summed E-state index contributed by atoms with van der Waals surface area (Å²) in [4.78, 5) is 13.6. The number of ketones is 1. The van der Waals surface area contributed by atoms with Crippen molar-refractivity contribution >= 4 is 5.78 Å². The lowest BCUT2D eigenvalue weighted by atomic mass is 9.72. The Hall–Kier alpha value is -1.23. The lowest BCUT2D eigenvalue weighted by molar-refractivity contribution is -0.190. The number of hydrogen-bond acceptors (Lipinski definition) is 4. The molecule has 0 heterocycles. The molecule has 0 aromatic carbocycles. The third-order valence-corrected chi connectivity index (χ3v) is 12.9. The Morgan fingerprint density at radius 3 is 1.00 bits per heavy atom. The number of hydrogen-bond donors (Lipinski definition) is 3. The maximum Gasteiger partial charge on any atom is 0.174 e. The smallest absolute Gasteiger partial charge is 0.174 e. The van der Waals surface area contributed by atoms with Gasteiger partial charge in [-0.2, -0.15) is 0 Å². The number of aliphatic hydroxyl groups excluding tert-OH is 1. The van der Waals surface area contributed by atoms with Crippen molar-refractivity contribution in [3.8, 4) is 0 Å². The van der Waals surface area contributed by atoms with Gasteiger partial charge in [0.25, 0.3) is 0 Å². The zero-order valence-corrected chi connectivity index (χ0v) is 40.1. The number of Topliss-reactive ketones (excluding diaryl/α,β-unsaturated/α-hetero) is 1. The second-order valence-corrected chi connectivity index (χ2v) is 18.5. The van der Waals surface area contributed by atoms with E-state index in [1.807, 2.05) is 0 Å². The van der Waals surface area contributed by atoms with Gasteiger partial charge in [0.15, 0.2) is 11.4 Å². The van der Waals surface area contributed by atoms with Crippen LogP contribution in [0.5, 0.6) is 0 Å². The predicted octanol–water partition coefficient (Wildman–Crippen LogP) is 17.1. The van der Waals surface area contributed by atoms with E-state index in [2.05, 4.69) is 57.2 Å². The summed E-state index contributed by atoms with van der Waals surface area (Å²) in [7, 11) is 0. The maximum atomic E-state index is 13.6. The van der Waals surface area contributed by atoms with E-state index in [0.717, 1.165) is 70.6 Å². The number of rotatable bonds is 48. The van der Waals surface area contributed by atoms with Gasteiger partial charge in [-0.1, -0.05) is 243 Å². The first-order chi connectivity index (χ1) is 28.9. The summed E-state index contributed by atoms with van der Waals surface area (Å²) < 4.78 is 0. The highest BCUT2D eigenvalue weighted by Gasteiger charge is 2.52. The molecule has 2 atom stereocenters. The quantitative estimate of drug-likeness (QED) is 0.0422. The lowest BCUT2D eigenvalue weighted by Gasteiger charge is -2.42. The molecule has 348 valence electrons. The standard InChI is InChI=1S/C55H104O4/c1-4-7-10-13-16-19-22-25-27-29-32-35-38-41-44-47-50-54(58,51-48-45-42-39-36-33-30-28-26-23-20-17-14-11-8-5-2)55(59,52-56)53(57)49-46-43-40-37-34-31-24-21-18-15-12-9-6-3/h16,19,25-28,56,58-59H,4-15,17-18,20-24,29-52H2,1-3H3. The summed E-state index contributed by atoms with van der Waals surface area (Å²) in [5, 5.41) is 34.4. The average molecular weight is 829 g/mol. The summed E-state index contributed by atoms with van der Waals surface area (Å²) in [5.74, 6) is -0.366. The fourth-order valence-electron chi connectivity index (χ4n) is 8.61. The second kappa shape index (κ2) is 44.8. The highest BCUT2D eigenvalue weighted by atomic mass is 16.4. The molecule has 4 heteroatoms. The Balaban J connectivity index is 4.70. The van der Waals surface area contributed by atoms with Crippen LogP contribution in [0.4, 0.5) is 0 Å². The third kappa shape index (κ3) is 35.0. The highest BCUT2D eigenvalue weighted by Crippen LogP contribution is 2.36. The van der Waals surface area contributed by atoms with Crippen molar-refractivity contribution in [2.75, 3.05) is 6.61 Å². The largest absolute Gasteiger partial charge is 0.393 e. The Morgan fingerprint density at radius 2 is 0.644 bits per heavy atom. The Morgan fingerprint density at radius 1 is 0.373 bits per heavy atom. The van der Waals surface area contributed by atoms with E-state index < -0.39 is 17.8 Å².